The lowest BCUT2D eigenvalue weighted by Gasteiger charge is -2.37. The summed E-state index contributed by atoms with van der Waals surface area (Å²) in [5.74, 6) is -0.355. The van der Waals surface area contributed by atoms with Gasteiger partial charge >= 0.3 is 0 Å². The first-order valence-electron chi connectivity index (χ1n) is 6.50. The largest absolute Gasteiger partial charge is 0.390 e. The molecular weight excluding hydrogens is 298 g/mol. The fraction of sp³-hybridized carbons (Fsp3) is 0.538. The van der Waals surface area contributed by atoms with Crippen molar-refractivity contribution in [2.24, 2.45) is 0 Å². The molecule has 2 heterocycles. The third-order valence-electron chi connectivity index (χ3n) is 3.43. The molecule has 1 aliphatic heterocycles. The molecule has 0 radical (unpaired) electrons. The van der Waals surface area contributed by atoms with Crippen LogP contribution in [0.2, 0.25) is 5.02 Å². The summed E-state index contributed by atoms with van der Waals surface area (Å²) in [4.78, 5) is 18.1. The van der Waals surface area contributed by atoms with Crippen LogP contribution in [0.25, 0.3) is 0 Å². The number of likely N-dealkylation sites (tertiary alicyclic amines) is 1. The second-order valence-corrected chi connectivity index (χ2v) is 6.05. The van der Waals surface area contributed by atoms with E-state index in [1.54, 1.807) is 12.1 Å². The number of carbonyl (C=O) groups is 1. The van der Waals surface area contributed by atoms with Gasteiger partial charge in [-0.25, -0.2) is 4.98 Å². The zero-order valence-electron chi connectivity index (χ0n) is 11.2. The summed E-state index contributed by atoms with van der Waals surface area (Å²) in [5.41, 5.74) is 0.186. The number of nitrogens with one attached hydrogen (secondary N) is 1. The highest BCUT2D eigenvalue weighted by molar-refractivity contribution is 7.80. The minimum atomic E-state index is -0.621. The van der Waals surface area contributed by atoms with Crippen molar-refractivity contribution in [3.63, 3.8) is 0 Å². The number of amides is 1. The van der Waals surface area contributed by atoms with Crippen LogP contribution in [-0.2, 0) is 0 Å². The molecule has 2 N–H and O–H groups in total. The van der Waals surface area contributed by atoms with Crippen molar-refractivity contribution in [1.82, 2.24) is 15.2 Å². The fourth-order valence-corrected chi connectivity index (χ4v) is 2.67. The topological polar surface area (TPSA) is 65.5 Å². The van der Waals surface area contributed by atoms with E-state index in [-0.39, 0.29) is 23.0 Å². The van der Waals surface area contributed by atoms with Crippen molar-refractivity contribution in [2.45, 2.75) is 30.9 Å². The highest BCUT2D eigenvalue weighted by Gasteiger charge is 2.30. The number of hydrogen-bond acceptors (Lipinski definition) is 5. The number of nitrogens with zero attached hydrogens (tertiary/aromatic N) is 2. The maximum atomic E-state index is 12.1. The van der Waals surface area contributed by atoms with E-state index in [2.05, 4.69) is 27.8 Å². The van der Waals surface area contributed by atoms with E-state index in [0.717, 1.165) is 6.54 Å². The van der Waals surface area contributed by atoms with Crippen LogP contribution in [0.4, 0.5) is 0 Å². The Balaban J connectivity index is 1.98. The van der Waals surface area contributed by atoms with Gasteiger partial charge in [-0.2, -0.15) is 12.6 Å². The molecule has 1 saturated heterocycles. The van der Waals surface area contributed by atoms with Gasteiger partial charge in [0.2, 0.25) is 0 Å². The highest BCUT2D eigenvalue weighted by Crippen LogP contribution is 2.17. The summed E-state index contributed by atoms with van der Waals surface area (Å²) >= 11 is 10.3. The van der Waals surface area contributed by atoms with Crippen molar-refractivity contribution in [3.05, 3.63) is 29.0 Å². The Kier molecular flexibility index (Phi) is 5.26. The van der Waals surface area contributed by atoms with Gasteiger partial charge < -0.3 is 10.4 Å². The first kappa shape index (κ1) is 15.6. The van der Waals surface area contributed by atoms with Gasteiger partial charge in [-0.1, -0.05) is 11.6 Å². The van der Waals surface area contributed by atoms with Crippen LogP contribution in [0, 0.1) is 0 Å². The fourth-order valence-electron chi connectivity index (χ4n) is 2.25. The summed E-state index contributed by atoms with van der Waals surface area (Å²) in [5, 5.41) is 13.3. The van der Waals surface area contributed by atoms with E-state index < -0.39 is 6.10 Å². The van der Waals surface area contributed by atoms with Crippen LogP contribution < -0.4 is 5.32 Å². The van der Waals surface area contributed by atoms with Crippen LogP contribution in [-0.4, -0.2) is 51.5 Å². The van der Waals surface area contributed by atoms with E-state index >= 15 is 0 Å². The molecule has 0 aromatic carbocycles. The molecule has 5 nitrogen and oxygen atoms in total. The molecule has 3 unspecified atom stereocenters. The van der Waals surface area contributed by atoms with Crippen LogP contribution in [0.3, 0.4) is 0 Å². The van der Waals surface area contributed by atoms with E-state index in [9.17, 15) is 9.90 Å². The third-order valence-corrected chi connectivity index (χ3v) is 4.06. The van der Waals surface area contributed by atoms with Crippen LogP contribution in [0.5, 0.6) is 0 Å². The zero-order chi connectivity index (χ0) is 14.7. The van der Waals surface area contributed by atoms with Crippen LogP contribution in [0.15, 0.2) is 18.3 Å². The molecule has 1 aromatic rings. The Labute approximate surface area is 128 Å². The van der Waals surface area contributed by atoms with Gasteiger partial charge in [0.1, 0.15) is 5.69 Å². The molecule has 7 heteroatoms. The van der Waals surface area contributed by atoms with Crippen molar-refractivity contribution in [3.8, 4) is 0 Å². The van der Waals surface area contributed by atoms with E-state index in [1.165, 1.54) is 6.20 Å². The average molecular weight is 316 g/mol. The normalized spacial score (nSPS) is 25.2. The highest BCUT2D eigenvalue weighted by atomic mass is 35.5. The van der Waals surface area contributed by atoms with Crippen LogP contribution >= 0.6 is 24.2 Å². The van der Waals surface area contributed by atoms with Crippen molar-refractivity contribution < 1.29 is 9.90 Å². The number of carbonyl (C=O) groups excluding carboxylic acids is 1. The van der Waals surface area contributed by atoms with E-state index in [4.69, 9.17) is 11.6 Å². The summed E-state index contributed by atoms with van der Waals surface area (Å²) < 4.78 is 0. The smallest absolute Gasteiger partial charge is 0.271 e. The number of β-amino-alcohol motifs (C(OH)–C–C–N with tert-alkyl or cyclic N) is 1. The Morgan fingerprint density at radius 2 is 2.45 bits per heavy atom. The average Bonchev–Trinajstić information content (AvgIpc) is 2.41. The predicted octanol–water partition coefficient (Wildman–Crippen LogP) is 1.18. The van der Waals surface area contributed by atoms with Gasteiger partial charge in [-0.05, 0) is 25.5 Å². The molecule has 1 aliphatic rings. The second-order valence-electron chi connectivity index (χ2n) is 4.90. The maximum absolute atomic E-state index is 12.1. The monoisotopic (exact) mass is 315 g/mol. The number of aromatic nitrogens is 1. The van der Waals surface area contributed by atoms with Gasteiger partial charge in [-0.15, -0.1) is 0 Å². The Morgan fingerprint density at radius 1 is 1.70 bits per heavy atom. The molecule has 0 bridgehead atoms. The van der Waals surface area contributed by atoms with Crippen LogP contribution in [0.1, 0.15) is 23.8 Å². The first-order chi connectivity index (χ1) is 9.49. The Morgan fingerprint density at radius 3 is 3.05 bits per heavy atom. The third kappa shape index (κ3) is 3.63. The quantitative estimate of drug-likeness (QED) is 0.733. The van der Waals surface area contributed by atoms with Gasteiger partial charge in [0.15, 0.2) is 0 Å². The van der Waals surface area contributed by atoms with Gasteiger partial charge in [-0.3, -0.25) is 9.69 Å². The summed E-state index contributed by atoms with van der Waals surface area (Å²) in [6.45, 7) is 3.23. The molecule has 0 saturated carbocycles. The van der Waals surface area contributed by atoms with Gasteiger partial charge in [0, 0.05) is 24.7 Å². The number of aliphatic hydroxyl groups is 1. The van der Waals surface area contributed by atoms with E-state index in [0.29, 0.717) is 18.0 Å². The number of pyridine rings is 1. The first-order valence-corrected chi connectivity index (χ1v) is 7.40. The molecule has 0 aliphatic carbocycles. The SMILES string of the molecule is CC(S)N1CCC(NC(=O)c2ncccc2Cl)C(O)C1. The number of piperidine rings is 1. The lowest BCUT2D eigenvalue weighted by Crippen LogP contribution is -2.55. The molecule has 1 amide bonds. The number of halogens is 1. The molecule has 1 fully saturated rings. The molecule has 2 rings (SSSR count). The van der Waals surface area contributed by atoms with Gasteiger partial charge in [0.25, 0.3) is 5.91 Å². The standard InChI is InChI=1S/C13H18ClN3O2S/c1-8(20)17-6-4-10(11(18)7-17)16-13(19)12-9(14)3-2-5-15-12/h2-3,5,8,10-11,18,20H,4,6-7H2,1H3,(H,16,19). The number of aliphatic hydroxyl groups excluding tert-OH is 1. The maximum Gasteiger partial charge on any atom is 0.271 e. The van der Waals surface area contributed by atoms with Crippen molar-refractivity contribution >= 4 is 30.1 Å². The minimum Gasteiger partial charge on any atom is -0.390 e. The summed E-state index contributed by atoms with van der Waals surface area (Å²) in [6.07, 6.45) is 1.56. The van der Waals surface area contributed by atoms with Gasteiger partial charge in [0.05, 0.1) is 17.2 Å². The predicted molar refractivity (Wildman–Crippen MR) is 81.1 cm³/mol. The molecular formula is C13H18ClN3O2S. The van der Waals surface area contributed by atoms with Crippen molar-refractivity contribution in [1.29, 1.82) is 0 Å². The number of thiol groups is 1. The molecule has 20 heavy (non-hydrogen) atoms. The zero-order valence-corrected chi connectivity index (χ0v) is 12.8. The molecule has 1 aromatic heterocycles. The summed E-state index contributed by atoms with van der Waals surface area (Å²) in [7, 11) is 0. The van der Waals surface area contributed by atoms with Crippen molar-refractivity contribution in [2.75, 3.05) is 13.1 Å². The summed E-state index contributed by atoms with van der Waals surface area (Å²) in [6, 6.07) is 3.00. The number of rotatable bonds is 3. The minimum absolute atomic E-state index is 0.0894. The lowest BCUT2D eigenvalue weighted by molar-refractivity contribution is 0.0358. The Bertz CT molecular complexity index is 486. The Hall–Kier alpha value is -0.820. The lowest BCUT2D eigenvalue weighted by atomic mass is 10.0. The molecule has 3 atom stereocenters. The molecule has 110 valence electrons. The second kappa shape index (κ2) is 6.76. The van der Waals surface area contributed by atoms with E-state index in [1.807, 2.05) is 6.92 Å². The number of hydrogen-bond donors (Lipinski definition) is 3. The molecule has 0 spiro atoms.